The van der Waals surface area contributed by atoms with E-state index in [4.69, 9.17) is 16.3 Å². The average Bonchev–Trinajstić information content (AvgIpc) is 2.63. The van der Waals surface area contributed by atoms with E-state index >= 15 is 0 Å². The van der Waals surface area contributed by atoms with Crippen LogP contribution in [0, 0.1) is 0 Å². The Morgan fingerprint density at radius 2 is 1.88 bits per heavy atom. The van der Waals surface area contributed by atoms with Gasteiger partial charge in [-0.3, -0.25) is 4.79 Å². The molecule has 9 heteroatoms. The second-order valence-corrected chi connectivity index (χ2v) is 8.55. The summed E-state index contributed by atoms with van der Waals surface area (Å²) < 4.78 is 31.8. The number of hydrogen-bond donors (Lipinski definition) is 0. The van der Waals surface area contributed by atoms with Crippen LogP contribution in [0.5, 0.6) is 5.75 Å². The van der Waals surface area contributed by atoms with Crippen molar-refractivity contribution < 1.29 is 17.9 Å². The van der Waals surface area contributed by atoms with Crippen molar-refractivity contribution in [2.45, 2.75) is 18.7 Å². The van der Waals surface area contributed by atoms with Gasteiger partial charge in [-0.2, -0.15) is 4.31 Å². The summed E-state index contributed by atoms with van der Waals surface area (Å²) in [4.78, 5) is 16.4. The number of nitrogens with zero attached hydrogens (tertiary/aromatic N) is 3. The number of likely N-dealkylation sites (N-methyl/N-ethyl adjacent to an activating group) is 2. The second kappa shape index (κ2) is 9.03. The fourth-order valence-electron chi connectivity index (χ4n) is 2.78. The molecule has 0 atom stereocenters. The summed E-state index contributed by atoms with van der Waals surface area (Å²) >= 11 is 6.09. The first-order chi connectivity index (χ1) is 12.3. The molecule has 1 aromatic carbocycles. The van der Waals surface area contributed by atoms with Gasteiger partial charge in [-0.25, -0.2) is 8.42 Å². The summed E-state index contributed by atoms with van der Waals surface area (Å²) in [5.41, 5.74) is 0. The van der Waals surface area contributed by atoms with Crippen molar-refractivity contribution in [3.05, 3.63) is 23.2 Å². The fourth-order valence-corrected chi connectivity index (χ4v) is 4.23. The zero-order valence-electron chi connectivity index (χ0n) is 15.4. The van der Waals surface area contributed by atoms with E-state index in [1.165, 1.54) is 25.2 Å². The topological polar surface area (TPSA) is 70.2 Å². The van der Waals surface area contributed by atoms with Gasteiger partial charge in [0.25, 0.3) is 0 Å². The summed E-state index contributed by atoms with van der Waals surface area (Å²) in [6.07, 6.45) is 0. The number of hydrogen-bond acceptors (Lipinski definition) is 5. The van der Waals surface area contributed by atoms with Crippen molar-refractivity contribution in [1.29, 1.82) is 0 Å². The highest BCUT2D eigenvalue weighted by Crippen LogP contribution is 2.28. The molecule has 0 aliphatic carbocycles. The molecule has 0 spiro atoms. The predicted octanol–water partition coefficient (Wildman–Crippen LogP) is 1.52. The Bertz CT molecular complexity index is 734. The van der Waals surface area contributed by atoms with Crippen LogP contribution in [0.4, 0.5) is 0 Å². The Kier molecular flexibility index (Phi) is 7.28. The molecule has 0 bridgehead atoms. The van der Waals surface area contributed by atoms with Gasteiger partial charge in [-0.05, 0) is 31.7 Å². The molecule has 0 radical (unpaired) electrons. The Labute approximate surface area is 160 Å². The van der Waals surface area contributed by atoms with Crippen molar-refractivity contribution in [3.63, 3.8) is 0 Å². The molecule has 1 amide bonds. The molecule has 1 aromatic rings. The van der Waals surface area contributed by atoms with E-state index in [9.17, 15) is 13.2 Å². The second-order valence-electron chi connectivity index (χ2n) is 6.10. The van der Waals surface area contributed by atoms with Gasteiger partial charge in [0.2, 0.25) is 15.9 Å². The molecule has 7 nitrogen and oxygen atoms in total. The predicted molar refractivity (Wildman–Crippen MR) is 101 cm³/mol. The Balaban J connectivity index is 2.04. The first-order valence-corrected chi connectivity index (χ1v) is 10.5. The molecule has 26 heavy (non-hydrogen) atoms. The first kappa shape index (κ1) is 21.0. The van der Waals surface area contributed by atoms with Crippen molar-refractivity contribution in [3.8, 4) is 5.75 Å². The largest absolute Gasteiger partial charge is 0.492 e. The quantitative estimate of drug-likeness (QED) is 0.690. The molecule has 0 saturated carbocycles. The molecular formula is C17H26ClN3O4S. The van der Waals surface area contributed by atoms with E-state index in [1.54, 1.807) is 4.90 Å². The summed E-state index contributed by atoms with van der Waals surface area (Å²) in [6.45, 7) is 7.96. The lowest BCUT2D eigenvalue weighted by molar-refractivity contribution is -0.132. The Hall–Kier alpha value is -1.35. The summed E-state index contributed by atoms with van der Waals surface area (Å²) in [7, 11) is -2.40. The number of amides is 1. The number of piperazine rings is 1. The van der Waals surface area contributed by atoms with Crippen LogP contribution >= 0.6 is 11.6 Å². The third kappa shape index (κ3) is 4.88. The summed E-state index contributed by atoms with van der Waals surface area (Å²) in [6, 6.07) is 4.31. The van der Waals surface area contributed by atoms with Crippen LogP contribution in [0.3, 0.4) is 0 Å². The zero-order valence-corrected chi connectivity index (χ0v) is 17.0. The van der Waals surface area contributed by atoms with Crippen molar-refractivity contribution in [2.24, 2.45) is 0 Å². The van der Waals surface area contributed by atoms with Crippen LogP contribution in [0.25, 0.3) is 0 Å². The molecule has 1 heterocycles. The minimum absolute atomic E-state index is 0.0389. The van der Waals surface area contributed by atoms with Gasteiger partial charge in [-0.15, -0.1) is 0 Å². The lowest BCUT2D eigenvalue weighted by atomic mass is 10.3. The minimum atomic E-state index is -3.81. The van der Waals surface area contributed by atoms with Gasteiger partial charge < -0.3 is 14.5 Å². The molecule has 0 N–H and O–H groups in total. The van der Waals surface area contributed by atoms with Crippen LogP contribution < -0.4 is 4.74 Å². The molecule has 146 valence electrons. The molecule has 1 fully saturated rings. The monoisotopic (exact) mass is 403 g/mol. The van der Waals surface area contributed by atoms with Gasteiger partial charge in [0.15, 0.2) is 0 Å². The number of carbonyl (C=O) groups excluding carboxylic acids is 1. The minimum Gasteiger partial charge on any atom is -0.492 e. The van der Waals surface area contributed by atoms with E-state index in [0.29, 0.717) is 25.4 Å². The molecule has 1 aliphatic heterocycles. The van der Waals surface area contributed by atoms with Gasteiger partial charge in [0.05, 0.1) is 23.1 Å². The van der Waals surface area contributed by atoms with E-state index in [0.717, 1.165) is 23.9 Å². The molecular weight excluding hydrogens is 378 g/mol. The number of sulfonamides is 1. The maximum absolute atomic E-state index is 12.7. The van der Waals surface area contributed by atoms with Crippen LogP contribution in [0.15, 0.2) is 23.1 Å². The summed E-state index contributed by atoms with van der Waals surface area (Å²) in [5, 5.41) is 0.225. The van der Waals surface area contributed by atoms with Crippen LogP contribution in [0.2, 0.25) is 5.02 Å². The Morgan fingerprint density at radius 1 is 1.23 bits per heavy atom. The van der Waals surface area contributed by atoms with Gasteiger partial charge in [0, 0.05) is 33.2 Å². The Morgan fingerprint density at radius 3 is 2.42 bits per heavy atom. The van der Waals surface area contributed by atoms with Crippen LogP contribution in [0.1, 0.15) is 13.8 Å². The number of rotatable bonds is 7. The van der Waals surface area contributed by atoms with Gasteiger partial charge in [0.1, 0.15) is 5.75 Å². The van der Waals surface area contributed by atoms with Crippen molar-refractivity contribution in [1.82, 2.24) is 14.1 Å². The standard InChI is InChI=1S/C17H26ClN3O4S/c1-4-20-8-10-21(11-9-20)17(22)13-19(3)26(23,24)14-6-7-16(25-5-2)15(18)12-14/h6-7,12H,4-5,8-11,13H2,1-3H3. The highest BCUT2D eigenvalue weighted by Gasteiger charge is 2.27. The third-order valence-corrected chi connectivity index (χ3v) is 6.54. The zero-order chi connectivity index (χ0) is 19.3. The third-order valence-electron chi connectivity index (χ3n) is 4.44. The van der Waals surface area contributed by atoms with E-state index in [-0.39, 0.29) is 22.4 Å². The highest BCUT2D eigenvalue weighted by atomic mass is 35.5. The molecule has 2 rings (SSSR count). The maximum Gasteiger partial charge on any atom is 0.243 e. The lowest BCUT2D eigenvalue weighted by Crippen LogP contribution is -2.51. The molecule has 1 saturated heterocycles. The van der Waals surface area contributed by atoms with Gasteiger partial charge >= 0.3 is 0 Å². The summed E-state index contributed by atoms with van der Waals surface area (Å²) in [5.74, 6) is 0.240. The molecule has 0 unspecified atom stereocenters. The maximum atomic E-state index is 12.7. The lowest BCUT2D eigenvalue weighted by Gasteiger charge is -2.34. The SMILES string of the molecule is CCOc1ccc(S(=O)(=O)N(C)CC(=O)N2CCN(CC)CC2)cc1Cl. The van der Waals surface area contributed by atoms with E-state index in [1.807, 2.05) is 6.92 Å². The van der Waals surface area contributed by atoms with Crippen LogP contribution in [-0.4, -0.2) is 81.4 Å². The highest BCUT2D eigenvalue weighted by molar-refractivity contribution is 7.89. The fraction of sp³-hybridized carbons (Fsp3) is 0.588. The number of benzene rings is 1. The normalized spacial score (nSPS) is 16.1. The van der Waals surface area contributed by atoms with E-state index in [2.05, 4.69) is 11.8 Å². The number of ether oxygens (including phenoxy) is 1. The van der Waals surface area contributed by atoms with Crippen molar-refractivity contribution >= 4 is 27.5 Å². The smallest absolute Gasteiger partial charge is 0.243 e. The van der Waals surface area contributed by atoms with Crippen molar-refractivity contribution in [2.75, 3.05) is 52.9 Å². The van der Waals surface area contributed by atoms with Crippen LogP contribution in [-0.2, 0) is 14.8 Å². The van der Waals surface area contributed by atoms with E-state index < -0.39 is 10.0 Å². The first-order valence-electron chi connectivity index (χ1n) is 8.68. The number of carbonyl (C=O) groups is 1. The molecule has 0 aromatic heterocycles. The number of halogens is 1. The van der Waals surface area contributed by atoms with Gasteiger partial charge in [-0.1, -0.05) is 18.5 Å². The average molecular weight is 404 g/mol. The molecule has 1 aliphatic rings.